The van der Waals surface area contributed by atoms with Gasteiger partial charge in [0.2, 0.25) is 0 Å². The van der Waals surface area contributed by atoms with Crippen molar-refractivity contribution < 1.29 is 19.8 Å². The molecule has 76 valence electrons. The quantitative estimate of drug-likeness (QED) is 0.798. The monoisotopic (exact) mass is 260 g/mol. The molecule has 4 nitrogen and oxygen atoms in total. The van der Waals surface area contributed by atoms with Crippen molar-refractivity contribution in [2.24, 2.45) is 0 Å². The Morgan fingerprint density at radius 3 is 1.64 bits per heavy atom. The molecule has 0 aliphatic carbocycles. The Balaban J connectivity index is 0.000000241. The molecule has 0 aliphatic rings. The Hall–Kier alpha value is -1.36. The minimum Gasteiger partial charge on any atom is -0.481 e. The molecular weight excluding hydrogens is 252 g/mol. The average molecular weight is 261 g/mol. The first-order chi connectivity index (χ1) is 6.52. The van der Waals surface area contributed by atoms with E-state index < -0.39 is 18.4 Å². The van der Waals surface area contributed by atoms with Crippen LogP contribution in [0.1, 0.15) is 6.42 Å². The van der Waals surface area contributed by atoms with Crippen molar-refractivity contribution in [1.82, 2.24) is 0 Å². The van der Waals surface area contributed by atoms with Crippen LogP contribution in [0.5, 0.6) is 0 Å². The van der Waals surface area contributed by atoms with E-state index in [4.69, 9.17) is 10.2 Å². The topological polar surface area (TPSA) is 74.6 Å². The largest absolute Gasteiger partial charge is 0.481 e. The summed E-state index contributed by atoms with van der Waals surface area (Å²) in [6, 6.07) is 9.97. The van der Waals surface area contributed by atoms with E-state index in [9.17, 15) is 9.59 Å². The number of carboxylic acid groups (broad SMARTS) is 2. The van der Waals surface area contributed by atoms with Crippen molar-refractivity contribution in [2.45, 2.75) is 6.42 Å². The minimum atomic E-state index is -1.31. The molecule has 14 heavy (non-hydrogen) atoms. The predicted molar refractivity (Wildman–Crippen MR) is 54.0 cm³/mol. The number of aliphatic carboxylic acids is 2. The third-order valence-corrected chi connectivity index (χ3v) is 1.56. The van der Waals surface area contributed by atoms with E-state index in [0.717, 1.165) is 4.47 Å². The summed E-state index contributed by atoms with van der Waals surface area (Å²) in [7, 11) is 0. The number of hydrogen-bond acceptors (Lipinski definition) is 2. The van der Waals surface area contributed by atoms with Crippen LogP contribution < -0.4 is 0 Å². The molecule has 0 aromatic heterocycles. The zero-order valence-electron chi connectivity index (χ0n) is 7.18. The maximum absolute atomic E-state index is 9.43. The van der Waals surface area contributed by atoms with Crippen molar-refractivity contribution in [1.29, 1.82) is 0 Å². The third kappa shape index (κ3) is 8.73. The van der Waals surface area contributed by atoms with Crippen LogP contribution in [-0.4, -0.2) is 22.2 Å². The number of rotatable bonds is 2. The van der Waals surface area contributed by atoms with Gasteiger partial charge in [-0.25, -0.2) is 0 Å². The van der Waals surface area contributed by atoms with Gasteiger partial charge >= 0.3 is 11.9 Å². The standard InChI is InChI=1S/C6H5Br.C3H4O4/c7-6-4-2-1-3-5-6;4-2(5)1-3(6)7/h1-5H;1H2,(H,4,5)(H,6,7). The van der Waals surface area contributed by atoms with E-state index in [0.29, 0.717) is 0 Å². The minimum absolute atomic E-state index is 0.806. The lowest BCUT2D eigenvalue weighted by atomic mass is 10.4. The van der Waals surface area contributed by atoms with Gasteiger partial charge in [0.05, 0.1) is 0 Å². The highest BCUT2D eigenvalue weighted by atomic mass is 79.9. The van der Waals surface area contributed by atoms with Crippen LogP contribution in [0.4, 0.5) is 0 Å². The van der Waals surface area contributed by atoms with Crippen molar-refractivity contribution in [2.75, 3.05) is 0 Å². The van der Waals surface area contributed by atoms with Crippen LogP contribution in [0, 0.1) is 0 Å². The number of carboxylic acids is 2. The lowest BCUT2D eigenvalue weighted by Crippen LogP contribution is -2.03. The molecule has 0 atom stereocenters. The summed E-state index contributed by atoms with van der Waals surface area (Å²) in [6.07, 6.45) is -0.806. The predicted octanol–water partition coefficient (Wildman–Crippen LogP) is 1.99. The summed E-state index contributed by atoms with van der Waals surface area (Å²) in [6.45, 7) is 0. The molecule has 0 saturated carbocycles. The number of halogens is 1. The van der Waals surface area contributed by atoms with Gasteiger partial charge in [-0.05, 0) is 12.1 Å². The molecular formula is C9H9BrO4. The fourth-order valence-electron chi connectivity index (χ4n) is 0.544. The molecule has 0 heterocycles. The third-order valence-electron chi connectivity index (χ3n) is 1.04. The van der Waals surface area contributed by atoms with E-state index in [1.807, 2.05) is 30.3 Å². The van der Waals surface area contributed by atoms with E-state index in [1.165, 1.54) is 0 Å². The zero-order valence-corrected chi connectivity index (χ0v) is 8.77. The number of benzene rings is 1. The van der Waals surface area contributed by atoms with Gasteiger partial charge in [-0.1, -0.05) is 34.1 Å². The smallest absolute Gasteiger partial charge is 0.314 e. The summed E-state index contributed by atoms with van der Waals surface area (Å²) in [5.74, 6) is -2.62. The highest BCUT2D eigenvalue weighted by molar-refractivity contribution is 9.10. The highest BCUT2D eigenvalue weighted by Crippen LogP contribution is 2.05. The number of hydrogen-bond donors (Lipinski definition) is 2. The number of carbonyl (C=O) groups is 2. The Bertz CT molecular complexity index is 285. The summed E-state index contributed by atoms with van der Waals surface area (Å²) >= 11 is 3.31. The molecule has 0 aliphatic heterocycles. The van der Waals surface area contributed by atoms with E-state index in [-0.39, 0.29) is 0 Å². The van der Waals surface area contributed by atoms with Crippen molar-refractivity contribution in [3.05, 3.63) is 34.8 Å². The van der Waals surface area contributed by atoms with E-state index >= 15 is 0 Å². The average Bonchev–Trinajstić information content (AvgIpc) is 2.03. The molecule has 0 spiro atoms. The summed E-state index contributed by atoms with van der Waals surface area (Å²) < 4.78 is 1.13. The van der Waals surface area contributed by atoms with E-state index in [2.05, 4.69) is 15.9 Å². The maximum atomic E-state index is 9.43. The Kier molecular flexibility index (Phi) is 6.39. The lowest BCUT2D eigenvalue weighted by molar-refractivity contribution is -0.147. The molecule has 0 saturated heterocycles. The summed E-state index contributed by atoms with van der Waals surface area (Å²) in [4.78, 5) is 18.9. The highest BCUT2D eigenvalue weighted by Gasteiger charge is 2.01. The van der Waals surface area contributed by atoms with Gasteiger partial charge in [0.25, 0.3) is 0 Å². The van der Waals surface area contributed by atoms with Crippen molar-refractivity contribution in [3.8, 4) is 0 Å². The molecule has 2 N–H and O–H groups in total. The van der Waals surface area contributed by atoms with Gasteiger partial charge in [0.1, 0.15) is 6.42 Å². The van der Waals surface area contributed by atoms with Crippen LogP contribution >= 0.6 is 15.9 Å². The molecule has 1 aromatic carbocycles. The van der Waals surface area contributed by atoms with Crippen molar-refractivity contribution in [3.63, 3.8) is 0 Å². The molecule has 0 unspecified atom stereocenters. The molecule has 5 heteroatoms. The SMILES string of the molecule is Brc1ccccc1.O=C(O)CC(=O)O. The van der Waals surface area contributed by atoms with Crippen molar-refractivity contribution >= 4 is 27.9 Å². The molecule has 0 radical (unpaired) electrons. The molecule has 0 amide bonds. The fraction of sp³-hybridized carbons (Fsp3) is 0.111. The first kappa shape index (κ1) is 12.6. The Labute approximate surface area is 89.3 Å². The normalized spacial score (nSPS) is 8.36. The second-order valence-corrected chi connectivity index (χ2v) is 3.18. The van der Waals surface area contributed by atoms with Crippen LogP contribution in [0.2, 0.25) is 0 Å². The van der Waals surface area contributed by atoms with E-state index in [1.54, 1.807) is 0 Å². The van der Waals surface area contributed by atoms with Crippen LogP contribution in [0.25, 0.3) is 0 Å². The molecule has 1 aromatic rings. The maximum Gasteiger partial charge on any atom is 0.314 e. The summed E-state index contributed by atoms with van der Waals surface area (Å²) in [5.41, 5.74) is 0. The molecule has 1 rings (SSSR count). The van der Waals surface area contributed by atoms with Gasteiger partial charge in [-0.2, -0.15) is 0 Å². The van der Waals surface area contributed by atoms with Gasteiger partial charge < -0.3 is 10.2 Å². The second-order valence-electron chi connectivity index (χ2n) is 2.26. The fourth-order valence-corrected chi connectivity index (χ4v) is 0.849. The van der Waals surface area contributed by atoms with Crippen LogP contribution in [0.3, 0.4) is 0 Å². The Morgan fingerprint density at radius 2 is 1.50 bits per heavy atom. The first-order valence-electron chi connectivity index (χ1n) is 3.66. The first-order valence-corrected chi connectivity index (χ1v) is 4.46. The second kappa shape index (κ2) is 7.08. The van der Waals surface area contributed by atoms with Crippen LogP contribution in [0.15, 0.2) is 34.8 Å². The summed E-state index contributed by atoms with van der Waals surface area (Å²) in [5, 5.41) is 15.4. The van der Waals surface area contributed by atoms with Gasteiger partial charge in [-0.3, -0.25) is 9.59 Å². The van der Waals surface area contributed by atoms with Gasteiger partial charge in [0.15, 0.2) is 0 Å². The Morgan fingerprint density at radius 1 is 1.07 bits per heavy atom. The van der Waals surface area contributed by atoms with Gasteiger partial charge in [0, 0.05) is 4.47 Å². The van der Waals surface area contributed by atoms with Crippen LogP contribution in [-0.2, 0) is 9.59 Å². The lowest BCUT2D eigenvalue weighted by Gasteiger charge is -1.80. The van der Waals surface area contributed by atoms with Gasteiger partial charge in [-0.15, -0.1) is 0 Å². The zero-order chi connectivity index (χ0) is 11.0. The molecule has 0 bridgehead atoms. The molecule has 0 fully saturated rings.